The Balaban J connectivity index is 0. The van der Waals surface area contributed by atoms with Crippen molar-refractivity contribution in [1.82, 2.24) is 0 Å². The third-order valence-electron chi connectivity index (χ3n) is 4.91. The van der Waals surface area contributed by atoms with Crippen LogP contribution in [0.4, 0.5) is 0 Å². The molecular formula is C23H46CaO4. The van der Waals surface area contributed by atoms with Crippen LogP contribution in [0.2, 0.25) is 0 Å². The van der Waals surface area contributed by atoms with Crippen LogP contribution in [0.1, 0.15) is 124 Å². The van der Waals surface area contributed by atoms with E-state index in [1.807, 2.05) is 0 Å². The van der Waals surface area contributed by atoms with Crippen molar-refractivity contribution in [2.24, 2.45) is 0 Å². The van der Waals surface area contributed by atoms with E-state index < -0.39 is 12.1 Å². The van der Waals surface area contributed by atoms with Gasteiger partial charge >= 0.3 is 49.7 Å². The molecule has 0 aliphatic heterocycles. The summed E-state index contributed by atoms with van der Waals surface area (Å²) in [5.74, 6) is -0.771. The van der Waals surface area contributed by atoms with E-state index in [-0.39, 0.29) is 43.7 Å². The van der Waals surface area contributed by atoms with Gasteiger partial charge in [-0.05, 0) is 20.3 Å². The first kappa shape index (κ1) is 30.4. The number of hydrogen-bond acceptors (Lipinski definition) is 4. The molecule has 5 heteroatoms. The van der Waals surface area contributed by atoms with Gasteiger partial charge in [0.1, 0.15) is 0 Å². The topological polar surface area (TPSA) is 52.6 Å². The molecule has 0 aliphatic rings. The van der Waals surface area contributed by atoms with Crippen LogP contribution >= 0.6 is 0 Å². The Morgan fingerprint density at radius 1 is 0.679 bits per heavy atom. The van der Waals surface area contributed by atoms with Crippen molar-refractivity contribution in [2.75, 3.05) is 6.61 Å². The van der Waals surface area contributed by atoms with Gasteiger partial charge in [-0.25, -0.2) is 4.79 Å². The van der Waals surface area contributed by atoms with E-state index in [2.05, 4.69) is 6.92 Å². The average Bonchev–Trinajstić information content (AvgIpc) is 2.65. The van der Waals surface area contributed by atoms with Crippen LogP contribution in [-0.4, -0.2) is 62.4 Å². The first-order chi connectivity index (χ1) is 13.1. The molecule has 28 heavy (non-hydrogen) atoms. The Morgan fingerprint density at radius 2 is 1.07 bits per heavy atom. The summed E-state index contributed by atoms with van der Waals surface area (Å²) in [5, 5.41) is 0. The fraction of sp³-hybridized carbons (Fsp3) is 0.913. The molecule has 1 unspecified atom stereocenters. The SMILES string of the molecule is CCCCCCCCCCCCCCCCCC(=O)OC(C)C(=O)OCC.[CaH2]. The van der Waals surface area contributed by atoms with Crippen molar-refractivity contribution in [2.45, 2.75) is 130 Å². The summed E-state index contributed by atoms with van der Waals surface area (Å²) in [6.45, 7) is 5.87. The van der Waals surface area contributed by atoms with Gasteiger partial charge in [0.15, 0.2) is 6.10 Å². The molecule has 0 fully saturated rings. The normalized spacial score (nSPS) is 11.5. The van der Waals surface area contributed by atoms with Crippen molar-refractivity contribution in [3.63, 3.8) is 0 Å². The molecule has 164 valence electrons. The van der Waals surface area contributed by atoms with Gasteiger partial charge in [0.05, 0.1) is 6.61 Å². The van der Waals surface area contributed by atoms with Crippen LogP contribution in [0.25, 0.3) is 0 Å². The third-order valence-corrected chi connectivity index (χ3v) is 4.91. The molecule has 0 spiro atoms. The van der Waals surface area contributed by atoms with Gasteiger partial charge in [0.2, 0.25) is 0 Å². The van der Waals surface area contributed by atoms with Gasteiger partial charge in [-0.3, -0.25) is 4.79 Å². The molecule has 4 nitrogen and oxygen atoms in total. The molecule has 0 bridgehead atoms. The van der Waals surface area contributed by atoms with Crippen LogP contribution < -0.4 is 0 Å². The summed E-state index contributed by atoms with van der Waals surface area (Å²) in [5.41, 5.74) is 0. The van der Waals surface area contributed by atoms with Gasteiger partial charge in [0, 0.05) is 6.42 Å². The fourth-order valence-electron chi connectivity index (χ4n) is 3.20. The molecule has 0 aromatic rings. The van der Waals surface area contributed by atoms with E-state index in [1.165, 1.54) is 83.5 Å². The Morgan fingerprint density at radius 3 is 1.46 bits per heavy atom. The van der Waals surface area contributed by atoms with E-state index in [9.17, 15) is 9.59 Å². The van der Waals surface area contributed by atoms with Gasteiger partial charge in [-0.2, -0.15) is 0 Å². The molecule has 0 aliphatic carbocycles. The van der Waals surface area contributed by atoms with Gasteiger partial charge in [-0.15, -0.1) is 0 Å². The third kappa shape index (κ3) is 20.9. The zero-order valence-corrected chi connectivity index (χ0v) is 18.2. The molecule has 0 saturated carbocycles. The van der Waals surface area contributed by atoms with Crippen molar-refractivity contribution in [3.8, 4) is 0 Å². The molecule has 0 rings (SSSR count). The number of esters is 2. The minimum atomic E-state index is -0.797. The number of carbonyl (C=O) groups is 2. The van der Waals surface area contributed by atoms with E-state index in [1.54, 1.807) is 13.8 Å². The second-order valence-corrected chi connectivity index (χ2v) is 7.58. The molecule has 0 N–H and O–H groups in total. The van der Waals surface area contributed by atoms with Crippen molar-refractivity contribution in [3.05, 3.63) is 0 Å². The fourth-order valence-corrected chi connectivity index (χ4v) is 3.20. The maximum atomic E-state index is 11.7. The average molecular weight is 427 g/mol. The molecule has 0 aromatic carbocycles. The second kappa shape index (κ2) is 23.5. The van der Waals surface area contributed by atoms with Gasteiger partial charge < -0.3 is 9.47 Å². The van der Waals surface area contributed by atoms with Crippen molar-refractivity contribution in [1.29, 1.82) is 0 Å². The number of unbranched alkanes of at least 4 members (excludes halogenated alkanes) is 14. The molecule has 1 atom stereocenters. The molecular weight excluding hydrogens is 380 g/mol. The Hall–Kier alpha value is 0.200. The minimum absolute atomic E-state index is 0. The molecule has 0 heterocycles. The summed E-state index contributed by atoms with van der Waals surface area (Å²) < 4.78 is 9.89. The van der Waals surface area contributed by atoms with Crippen LogP contribution in [0, 0.1) is 0 Å². The summed E-state index contributed by atoms with van der Waals surface area (Å²) in [6.07, 6.45) is 19.1. The second-order valence-electron chi connectivity index (χ2n) is 7.58. The van der Waals surface area contributed by atoms with Crippen LogP contribution in [0.3, 0.4) is 0 Å². The Kier molecular flexibility index (Phi) is 25.5. The van der Waals surface area contributed by atoms with Crippen LogP contribution in [-0.2, 0) is 19.1 Å². The van der Waals surface area contributed by atoms with Gasteiger partial charge in [-0.1, -0.05) is 96.8 Å². The molecule has 0 radical (unpaired) electrons. The summed E-state index contributed by atoms with van der Waals surface area (Å²) in [4.78, 5) is 23.1. The molecule has 0 amide bonds. The van der Waals surface area contributed by atoms with Crippen molar-refractivity contribution < 1.29 is 19.1 Å². The monoisotopic (exact) mass is 426 g/mol. The Bertz CT molecular complexity index is 361. The Labute approximate surface area is 203 Å². The maximum absolute atomic E-state index is 11.7. The molecule has 0 saturated heterocycles. The number of hydrogen-bond donors (Lipinski definition) is 0. The number of ether oxygens (including phenoxy) is 2. The zero-order valence-electron chi connectivity index (χ0n) is 18.2. The van der Waals surface area contributed by atoms with Crippen molar-refractivity contribution >= 4 is 49.7 Å². The van der Waals surface area contributed by atoms with Gasteiger partial charge in [0.25, 0.3) is 0 Å². The standard InChI is InChI=1S/C23H44O4.Ca.2H/c1-4-6-7-8-9-10-11-12-13-14-15-16-17-18-19-20-22(24)27-21(3)23(25)26-5-2;;;/h21H,4-20H2,1-3H3;;;. The van der Waals surface area contributed by atoms with Crippen LogP contribution in [0.15, 0.2) is 0 Å². The van der Waals surface area contributed by atoms with E-state index >= 15 is 0 Å². The predicted octanol–water partition coefficient (Wildman–Crippen LogP) is 5.83. The first-order valence-electron chi connectivity index (χ1n) is 11.5. The summed E-state index contributed by atoms with van der Waals surface area (Å²) >= 11 is 0. The van der Waals surface area contributed by atoms with E-state index in [0.29, 0.717) is 13.0 Å². The van der Waals surface area contributed by atoms with E-state index in [0.717, 1.165) is 12.8 Å². The number of rotatable bonds is 19. The summed E-state index contributed by atoms with van der Waals surface area (Å²) in [7, 11) is 0. The first-order valence-corrected chi connectivity index (χ1v) is 11.5. The quantitative estimate of drug-likeness (QED) is 0.148. The van der Waals surface area contributed by atoms with E-state index in [4.69, 9.17) is 9.47 Å². The predicted molar refractivity (Wildman–Crippen MR) is 120 cm³/mol. The van der Waals surface area contributed by atoms with Crippen LogP contribution in [0.5, 0.6) is 0 Å². The number of carbonyl (C=O) groups excluding carboxylic acids is 2. The zero-order chi connectivity index (χ0) is 20.2. The summed E-state index contributed by atoms with van der Waals surface area (Å²) in [6, 6.07) is 0. The molecule has 0 aromatic heterocycles.